The van der Waals surface area contributed by atoms with Gasteiger partial charge in [-0.15, -0.1) is 0 Å². The van der Waals surface area contributed by atoms with Crippen LogP contribution in [0.25, 0.3) is 0 Å². The number of imidazole rings is 1. The van der Waals surface area contributed by atoms with Crippen molar-refractivity contribution in [1.29, 1.82) is 0 Å². The van der Waals surface area contributed by atoms with E-state index >= 15 is 0 Å². The van der Waals surface area contributed by atoms with E-state index in [9.17, 15) is 4.79 Å². The van der Waals surface area contributed by atoms with Crippen LogP contribution in [0.1, 0.15) is 32.0 Å². The molecule has 5 nitrogen and oxygen atoms in total. The van der Waals surface area contributed by atoms with E-state index in [4.69, 9.17) is 0 Å². The molecule has 1 fully saturated rings. The van der Waals surface area contributed by atoms with Crippen molar-refractivity contribution in [2.75, 3.05) is 26.7 Å². The number of likely N-dealkylation sites (N-methyl/N-ethyl adjacent to an activating group) is 1. The lowest BCUT2D eigenvalue weighted by molar-refractivity contribution is -0.134. The van der Waals surface area contributed by atoms with Crippen LogP contribution in [0, 0.1) is 0 Å². The lowest BCUT2D eigenvalue weighted by Gasteiger charge is -2.27. The van der Waals surface area contributed by atoms with Crippen LogP contribution >= 0.6 is 0 Å². The number of hydrogen-bond acceptors (Lipinski definition) is 3. The highest BCUT2D eigenvalue weighted by Crippen LogP contribution is 2.11. The van der Waals surface area contributed by atoms with Crippen molar-refractivity contribution in [3.05, 3.63) is 18.2 Å². The van der Waals surface area contributed by atoms with Crippen LogP contribution in [0.15, 0.2) is 12.4 Å². The molecule has 0 saturated carbocycles. The summed E-state index contributed by atoms with van der Waals surface area (Å²) in [7, 11) is 4.06. The summed E-state index contributed by atoms with van der Waals surface area (Å²) in [6.07, 6.45) is 8.09. The summed E-state index contributed by atoms with van der Waals surface area (Å²) in [5.41, 5.74) is 0. The molecule has 1 aromatic heterocycles. The highest BCUT2D eigenvalue weighted by atomic mass is 16.2. The summed E-state index contributed by atoms with van der Waals surface area (Å²) in [6.45, 7) is 4.81. The third kappa shape index (κ3) is 3.60. The summed E-state index contributed by atoms with van der Waals surface area (Å²) >= 11 is 0. The van der Waals surface area contributed by atoms with Crippen LogP contribution in [-0.4, -0.2) is 58.0 Å². The van der Waals surface area contributed by atoms with Gasteiger partial charge in [-0.25, -0.2) is 4.98 Å². The summed E-state index contributed by atoms with van der Waals surface area (Å²) in [5, 5.41) is 0. The number of carbonyl (C=O) groups is 1. The molecule has 1 aromatic rings. The molecule has 20 heavy (non-hydrogen) atoms. The minimum Gasteiger partial charge on any atom is -0.341 e. The smallest absolute Gasteiger partial charge is 0.239 e. The maximum atomic E-state index is 12.3. The molecule has 0 aliphatic carbocycles. The van der Waals surface area contributed by atoms with Gasteiger partial charge in [-0.05, 0) is 39.8 Å². The van der Waals surface area contributed by atoms with Gasteiger partial charge in [0.2, 0.25) is 5.91 Å². The largest absolute Gasteiger partial charge is 0.341 e. The quantitative estimate of drug-likeness (QED) is 0.787. The highest BCUT2D eigenvalue weighted by Gasteiger charge is 2.25. The predicted molar refractivity (Wildman–Crippen MR) is 79.4 cm³/mol. The fraction of sp³-hybridized carbons (Fsp3) is 0.733. The number of rotatable bonds is 6. The standard InChI is InChI=1S/C15H26N4O/c1-13(15(20)19-10-4-5-11-19)17(2)9-6-7-14-16-8-12-18(14)3/h8,12-13H,4-7,9-11H2,1-3H3/t13-/m0/s1. The van der Waals surface area contributed by atoms with Crippen LogP contribution in [-0.2, 0) is 18.3 Å². The predicted octanol–water partition coefficient (Wildman–Crippen LogP) is 1.30. The number of carbonyl (C=O) groups excluding carboxylic acids is 1. The average molecular weight is 278 g/mol. The van der Waals surface area contributed by atoms with Gasteiger partial charge in [0.25, 0.3) is 0 Å². The minimum atomic E-state index is -0.0190. The Labute approximate surface area is 121 Å². The minimum absolute atomic E-state index is 0.0190. The van der Waals surface area contributed by atoms with Gasteiger partial charge in [0.05, 0.1) is 6.04 Å². The van der Waals surface area contributed by atoms with Crippen molar-refractivity contribution in [3.8, 4) is 0 Å². The van der Waals surface area contributed by atoms with E-state index in [2.05, 4.69) is 14.5 Å². The van der Waals surface area contributed by atoms with Gasteiger partial charge < -0.3 is 9.47 Å². The summed E-state index contributed by atoms with van der Waals surface area (Å²) < 4.78 is 2.05. The zero-order valence-electron chi connectivity index (χ0n) is 12.9. The Kier molecular flexibility index (Phi) is 5.17. The molecule has 0 unspecified atom stereocenters. The molecule has 1 saturated heterocycles. The molecule has 1 aliphatic rings. The zero-order valence-corrected chi connectivity index (χ0v) is 12.9. The molecule has 5 heteroatoms. The molecule has 1 amide bonds. The van der Waals surface area contributed by atoms with Gasteiger partial charge in [-0.1, -0.05) is 0 Å². The van der Waals surface area contributed by atoms with Gasteiger partial charge in [-0.2, -0.15) is 0 Å². The topological polar surface area (TPSA) is 41.4 Å². The van der Waals surface area contributed by atoms with Gasteiger partial charge in [0.15, 0.2) is 0 Å². The highest BCUT2D eigenvalue weighted by molar-refractivity contribution is 5.81. The van der Waals surface area contributed by atoms with E-state index in [1.54, 1.807) is 0 Å². The first kappa shape index (κ1) is 15.0. The van der Waals surface area contributed by atoms with Gasteiger partial charge in [0.1, 0.15) is 5.82 Å². The number of aryl methyl sites for hydroxylation is 2. The van der Waals surface area contributed by atoms with Gasteiger partial charge >= 0.3 is 0 Å². The van der Waals surface area contributed by atoms with Gasteiger partial charge in [0, 0.05) is 39.0 Å². The monoisotopic (exact) mass is 278 g/mol. The SMILES string of the molecule is C[C@@H](C(=O)N1CCCC1)N(C)CCCc1nccn1C. The first-order valence-corrected chi connectivity index (χ1v) is 7.55. The summed E-state index contributed by atoms with van der Waals surface area (Å²) in [6, 6.07) is -0.0190. The van der Waals surface area contributed by atoms with E-state index in [0.717, 1.165) is 51.1 Å². The van der Waals surface area contributed by atoms with Crippen molar-refractivity contribution < 1.29 is 4.79 Å². The summed E-state index contributed by atoms with van der Waals surface area (Å²) in [4.78, 5) is 20.8. The molecular weight excluding hydrogens is 252 g/mol. The van der Waals surface area contributed by atoms with Crippen LogP contribution < -0.4 is 0 Å². The third-order valence-electron chi connectivity index (χ3n) is 4.27. The normalized spacial score (nSPS) is 16.9. The molecule has 2 heterocycles. The summed E-state index contributed by atoms with van der Waals surface area (Å²) in [5.74, 6) is 1.39. The number of nitrogens with zero attached hydrogens (tertiary/aromatic N) is 4. The molecule has 0 radical (unpaired) electrons. The second-order valence-electron chi connectivity index (χ2n) is 5.75. The van der Waals surface area contributed by atoms with Gasteiger partial charge in [-0.3, -0.25) is 9.69 Å². The fourth-order valence-electron chi connectivity index (χ4n) is 2.71. The van der Waals surface area contributed by atoms with E-state index in [1.807, 2.05) is 38.3 Å². The Morgan fingerprint density at radius 2 is 2.15 bits per heavy atom. The zero-order chi connectivity index (χ0) is 14.5. The number of amides is 1. The van der Waals surface area contributed by atoms with E-state index in [-0.39, 0.29) is 11.9 Å². The Balaban J connectivity index is 1.74. The first-order chi connectivity index (χ1) is 9.59. The van der Waals surface area contributed by atoms with Crippen LogP contribution in [0.3, 0.4) is 0 Å². The number of aromatic nitrogens is 2. The molecular formula is C15H26N4O. The van der Waals surface area contributed by atoms with Crippen LogP contribution in [0.4, 0.5) is 0 Å². The lowest BCUT2D eigenvalue weighted by Crippen LogP contribution is -2.44. The van der Waals surface area contributed by atoms with Crippen molar-refractivity contribution in [1.82, 2.24) is 19.4 Å². The Morgan fingerprint density at radius 1 is 1.45 bits per heavy atom. The fourth-order valence-corrected chi connectivity index (χ4v) is 2.71. The van der Waals surface area contributed by atoms with Crippen LogP contribution in [0.2, 0.25) is 0 Å². The average Bonchev–Trinajstić information content (AvgIpc) is 3.09. The Hall–Kier alpha value is -1.36. The number of likely N-dealkylation sites (tertiary alicyclic amines) is 1. The lowest BCUT2D eigenvalue weighted by atomic mass is 10.2. The van der Waals surface area contributed by atoms with E-state index in [1.165, 1.54) is 0 Å². The Bertz CT molecular complexity index is 437. The third-order valence-corrected chi connectivity index (χ3v) is 4.27. The maximum absolute atomic E-state index is 12.3. The molecule has 0 aromatic carbocycles. The van der Waals surface area contributed by atoms with Crippen molar-refractivity contribution in [3.63, 3.8) is 0 Å². The molecule has 112 valence electrons. The Morgan fingerprint density at radius 3 is 2.75 bits per heavy atom. The molecule has 0 spiro atoms. The molecule has 0 N–H and O–H groups in total. The van der Waals surface area contributed by atoms with Crippen molar-refractivity contribution >= 4 is 5.91 Å². The molecule has 1 aliphatic heterocycles. The van der Waals surface area contributed by atoms with Crippen molar-refractivity contribution in [2.45, 2.75) is 38.6 Å². The molecule has 2 rings (SSSR count). The van der Waals surface area contributed by atoms with E-state index in [0.29, 0.717) is 0 Å². The number of hydrogen-bond donors (Lipinski definition) is 0. The van der Waals surface area contributed by atoms with Crippen molar-refractivity contribution in [2.24, 2.45) is 7.05 Å². The first-order valence-electron chi connectivity index (χ1n) is 7.55. The maximum Gasteiger partial charge on any atom is 0.239 e. The van der Waals surface area contributed by atoms with Crippen LogP contribution in [0.5, 0.6) is 0 Å². The second kappa shape index (κ2) is 6.88. The second-order valence-corrected chi connectivity index (χ2v) is 5.75. The van der Waals surface area contributed by atoms with E-state index < -0.39 is 0 Å². The molecule has 1 atom stereocenters. The molecule has 0 bridgehead atoms.